The third-order valence-corrected chi connectivity index (χ3v) is 2.49. The standard InChI is InChI=1S/C14H10N3.Y/c1-3-7-12(8-4-1)14-11-17(16-15-14)13-9-5-2-6-10-13;/h1-10H;/q-1;. The Bertz CT molecular complexity index is 551. The summed E-state index contributed by atoms with van der Waals surface area (Å²) in [5, 5.41) is 8.19. The van der Waals surface area contributed by atoms with Crippen molar-refractivity contribution in [2.45, 2.75) is 0 Å². The Morgan fingerprint density at radius 3 is 2.11 bits per heavy atom. The molecule has 18 heavy (non-hydrogen) atoms. The van der Waals surface area contributed by atoms with Crippen LogP contribution in [0.1, 0.15) is 0 Å². The molecule has 85 valence electrons. The summed E-state index contributed by atoms with van der Waals surface area (Å²) >= 11 is 0. The summed E-state index contributed by atoms with van der Waals surface area (Å²) in [7, 11) is 0. The van der Waals surface area contributed by atoms with E-state index in [2.05, 4.69) is 16.5 Å². The minimum Gasteiger partial charge on any atom is -0.327 e. The summed E-state index contributed by atoms with van der Waals surface area (Å²) in [6, 6.07) is 19.8. The number of hydrogen-bond donors (Lipinski definition) is 0. The Morgan fingerprint density at radius 1 is 0.833 bits per heavy atom. The summed E-state index contributed by atoms with van der Waals surface area (Å²) in [5.74, 6) is 0. The van der Waals surface area contributed by atoms with Crippen LogP contribution in [0.4, 0.5) is 0 Å². The minimum absolute atomic E-state index is 0. The predicted octanol–water partition coefficient (Wildman–Crippen LogP) is 2.73. The molecule has 0 unspecified atom stereocenters. The topological polar surface area (TPSA) is 30.7 Å². The van der Waals surface area contributed by atoms with Crippen LogP contribution < -0.4 is 0 Å². The van der Waals surface area contributed by atoms with Crippen molar-refractivity contribution >= 4 is 0 Å². The minimum atomic E-state index is 0. The molecular formula is C14H10N3Y-. The van der Waals surface area contributed by atoms with Crippen LogP contribution in [0, 0.1) is 6.20 Å². The van der Waals surface area contributed by atoms with Crippen LogP contribution in [0.15, 0.2) is 60.7 Å². The molecule has 3 aromatic rings. The number of para-hydroxylation sites is 1. The number of aromatic nitrogens is 3. The SMILES string of the molecule is [Y].[c-]1c(-c2ccccc2)nnn1-c1ccccc1. The van der Waals surface area contributed by atoms with Gasteiger partial charge in [0.05, 0.1) is 0 Å². The first-order valence-electron chi connectivity index (χ1n) is 5.39. The van der Waals surface area contributed by atoms with E-state index in [0.717, 1.165) is 16.9 Å². The molecular weight excluding hydrogens is 299 g/mol. The van der Waals surface area contributed by atoms with Gasteiger partial charge in [-0.2, -0.15) is 5.10 Å². The smallest absolute Gasteiger partial charge is 0.00209 e. The summed E-state index contributed by atoms with van der Waals surface area (Å²) in [6.07, 6.45) is 3.14. The van der Waals surface area contributed by atoms with E-state index in [1.807, 2.05) is 60.7 Å². The summed E-state index contributed by atoms with van der Waals surface area (Å²) in [6.45, 7) is 0. The van der Waals surface area contributed by atoms with Crippen molar-refractivity contribution in [3.63, 3.8) is 0 Å². The maximum atomic E-state index is 4.12. The van der Waals surface area contributed by atoms with Gasteiger partial charge in [-0.05, 0) is 11.9 Å². The second kappa shape index (κ2) is 6.03. The van der Waals surface area contributed by atoms with Crippen LogP contribution >= 0.6 is 0 Å². The molecule has 0 bridgehead atoms. The van der Waals surface area contributed by atoms with E-state index in [9.17, 15) is 0 Å². The Labute approximate surface area is 131 Å². The van der Waals surface area contributed by atoms with Crippen molar-refractivity contribution in [3.05, 3.63) is 66.9 Å². The van der Waals surface area contributed by atoms with E-state index >= 15 is 0 Å². The van der Waals surface area contributed by atoms with Gasteiger partial charge in [0.2, 0.25) is 0 Å². The van der Waals surface area contributed by atoms with Gasteiger partial charge in [0, 0.05) is 38.4 Å². The monoisotopic (exact) mass is 309 g/mol. The van der Waals surface area contributed by atoms with Gasteiger partial charge in [-0.1, -0.05) is 59.3 Å². The molecule has 0 spiro atoms. The van der Waals surface area contributed by atoms with Gasteiger partial charge in [0.25, 0.3) is 0 Å². The molecule has 0 amide bonds. The molecule has 1 heterocycles. The number of benzene rings is 2. The van der Waals surface area contributed by atoms with Crippen LogP contribution in [0.3, 0.4) is 0 Å². The third-order valence-electron chi connectivity index (χ3n) is 2.49. The maximum Gasteiger partial charge on any atom is 0.00209 e. The zero-order valence-corrected chi connectivity index (χ0v) is 12.5. The zero-order valence-electron chi connectivity index (χ0n) is 9.69. The molecule has 3 nitrogen and oxygen atoms in total. The first kappa shape index (κ1) is 13.1. The average Bonchev–Trinajstić information content (AvgIpc) is 2.90. The van der Waals surface area contributed by atoms with Crippen molar-refractivity contribution in [2.75, 3.05) is 0 Å². The molecule has 0 aliphatic carbocycles. The second-order valence-corrected chi connectivity index (χ2v) is 3.66. The van der Waals surface area contributed by atoms with E-state index in [0.29, 0.717) is 0 Å². The van der Waals surface area contributed by atoms with Crippen LogP contribution in [0.2, 0.25) is 0 Å². The van der Waals surface area contributed by atoms with Crippen molar-refractivity contribution in [3.8, 4) is 16.9 Å². The molecule has 1 radical (unpaired) electrons. The molecule has 3 rings (SSSR count). The fourth-order valence-electron chi connectivity index (χ4n) is 1.64. The van der Waals surface area contributed by atoms with Crippen LogP contribution in [0.25, 0.3) is 16.9 Å². The molecule has 0 saturated carbocycles. The van der Waals surface area contributed by atoms with E-state index < -0.39 is 0 Å². The van der Waals surface area contributed by atoms with Crippen molar-refractivity contribution in [1.82, 2.24) is 15.0 Å². The Hall–Kier alpha value is -1.32. The molecule has 4 heteroatoms. The first-order valence-corrected chi connectivity index (χ1v) is 5.39. The van der Waals surface area contributed by atoms with Crippen molar-refractivity contribution < 1.29 is 32.7 Å². The molecule has 0 aliphatic heterocycles. The second-order valence-electron chi connectivity index (χ2n) is 3.66. The number of rotatable bonds is 2. The van der Waals surface area contributed by atoms with E-state index in [1.54, 1.807) is 4.68 Å². The van der Waals surface area contributed by atoms with Crippen molar-refractivity contribution in [2.24, 2.45) is 0 Å². The third kappa shape index (κ3) is 2.74. The average molecular weight is 309 g/mol. The van der Waals surface area contributed by atoms with Gasteiger partial charge >= 0.3 is 0 Å². The van der Waals surface area contributed by atoms with Gasteiger partial charge in [-0.15, -0.1) is 12.1 Å². The fraction of sp³-hybridized carbons (Fsp3) is 0. The Kier molecular flexibility index (Phi) is 4.40. The molecule has 0 N–H and O–H groups in total. The van der Waals surface area contributed by atoms with E-state index in [4.69, 9.17) is 0 Å². The number of nitrogens with zero attached hydrogens (tertiary/aromatic N) is 3. The largest absolute Gasteiger partial charge is 0.327 e. The molecule has 0 saturated heterocycles. The quantitative estimate of drug-likeness (QED) is 0.682. The zero-order chi connectivity index (χ0) is 11.5. The van der Waals surface area contributed by atoms with Crippen molar-refractivity contribution in [1.29, 1.82) is 0 Å². The van der Waals surface area contributed by atoms with Gasteiger partial charge < -0.3 is 4.68 Å². The first-order chi connectivity index (χ1) is 8.43. The summed E-state index contributed by atoms with van der Waals surface area (Å²) in [5.41, 5.74) is 2.74. The Balaban J connectivity index is 0.00000120. The molecule has 1 aromatic heterocycles. The van der Waals surface area contributed by atoms with E-state index in [1.165, 1.54) is 0 Å². The van der Waals surface area contributed by atoms with Gasteiger partial charge in [0.15, 0.2) is 0 Å². The van der Waals surface area contributed by atoms with Gasteiger partial charge in [-0.25, -0.2) is 0 Å². The normalized spacial score (nSPS) is 9.78. The predicted molar refractivity (Wildman–Crippen MR) is 65.6 cm³/mol. The van der Waals surface area contributed by atoms with E-state index in [-0.39, 0.29) is 32.7 Å². The molecule has 0 aliphatic rings. The van der Waals surface area contributed by atoms with Crippen LogP contribution in [0.5, 0.6) is 0 Å². The molecule has 0 fully saturated rings. The van der Waals surface area contributed by atoms with Gasteiger partial charge in [-0.3, -0.25) is 0 Å². The Morgan fingerprint density at radius 2 is 1.44 bits per heavy atom. The number of hydrogen-bond acceptors (Lipinski definition) is 2. The maximum absolute atomic E-state index is 4.12. The molecule has 2 aromatic carbocycles. The summed E-state index contributed by atoms with van der Waals surface area (Å²) < 4.78 is 1.66. The van der Waals surface area contributed by atoms with Crippen LogP contribution in [-0.4, -0.2) is 15.0 Å². The molecule has 0 atom stereocenters. The van der Waals surface area contributed by atoms with Crippen LogP contribution in [-0.2, 0) is 32.7 Å². The fourth-order valence-corrected chi connectivity index (χ4v) is 1.64. The van der Waals surface area contributed by atoms with Gasteiger partial charge in [0.1, 0.15) is 0 Å². The summed E-state index contributed by atoms with van der Waals surface area (Å²) in [4.78, 5) is 0.